The lowest BCUT2D eigenvalue weighted by Crippen LogP contribution is -2.44. The molecule has 0 saturated carbocycles. The molecular weight excluding hydrogens is 311 g/mol. The van der Waals surface area contributed by atoms with Crippen LogP contribution in [0.4, 0.5) is 0 Å². The van der Waals surface area contributed by atoms with Gasteiger partial charge in [0.15, 0.2) is 0 Å². The summed E-state index contributed by atoms with van der Waals surface area (Å²) in [7, 11) is 1.95. The van der Waals surface area contributed by atoms with Gasteiger partial charge < -0.3 is 19.1 Å². The van der Waals surface area contributed by atoms with Crippen molar-refractivity contribution in [1.29, 1.82) is 0 Å². The highest BCUT2D eigenvalue weighted by Gasteiger charge is 2.51. The Hall–Kier alpha value is -0.875. The van der Waals surface area contributed by atoms with E-state index in [2.05, 4.69) is 68.8 Å². The van der Waals surface area contributed by atoms with Gasteiger partial charge in [0.1, 0.15) is 0 Å². The molecule has 0 radical (unpaired) electrons. The molecule has 2 heterocycles. The Balaban J connectivity index is 1.48. The zero-order valence-corrected chi connectivity index (χ0v) is 16.5. The van der Waals surface area contributed by atoms with Gasteiger partial charge in [-0.05, 0) is 65.2 Å². The molecule has 0 amide bonds. The fraction of sp³-hybridized carbons (Fsp3) is 0.700. The summed E-state index contributed by atoms with van der Waals surface area (Å²) in [5.74, 6) is 0. The highest BCUT2D eigenvalue weighted by Crippen LogP contribution is 2.36. The highest BCUT2D eigenvalue weighted by molar-refractivity contribution is 6.62. The lowest BCUT2D eigenvalue weighted by Gasteiger charge is -2.32. The lowest BCUT2D eigenvalue weighted by molar-refractivity contribution is 0.00578. The molecule has 2 aliphatic rings. The Kier molecular flexibility index (Phi) is 5.59. The molecule has 0 N–H and O–H groups in total. The Morgan fingerprint density at radius 2 is 1.48 bits per heavy atom. The molecule has 2 fully saturated rings. The van der Waals surface area contributed by atoms with Crippen LogP contribution in [0.2, 0.25) is 0 Å². The Morgan fingerprint density at radius 1 is 0.920 bits per heavy atom. The second-order valence-corrected chi connectivity index (χ2v) is 8.58. The monoisotopic (exact) mass is 344 g/mol. The summed E-state index contributed by atoms with van der Waals surface area (Å²) in [5.41, 5.74) is 1.95. The van der Waals surface area contributed by atoms with Crippen molar-refractivity contribution in [2.24, 2.45) is 0 Å². The summed E-state index contributed by atoms with van der Waals surface area (Å²) < 4.78 is 12.3. The van der Waals surface area contributed by atoms with Gasteiger partial charge in [0, 0.05) is 26.2 Å². The van der Waals surface area contributed by atoms with Crippen molar-refractivity contribution in [2.45, 2.75) is 51.7 Å². The number of aryl methyl sites for hydroxylation is 1. The maximum Gasteiger partial charge on any atom is 0.494 e. The molecule has 5 heteroatoms. The molecule has 25 heavy (non-hydrogen) atoms. The van der Waals surface area contributed by atoms with Gasteiger partial charge in [-0.25, -0.2) is 0 Å². The van der Waals surface area contributed by atoms with E-state index in [0.717, 1.165) is 11.9 Å². The standard InChI is InChI=1S/C20H33BN2O2/c1-19(2)20(3,4)25-21(24-19)18-10-8-17(9-11-18)7-6-12-23-15-13-22(5)14-16-23/h8-11H,6-7,12-16H2,1-5H3. The van der Waals surface area contributed by atoms with Crippen molar-refractivity contribution < 1.29 is 9.31 Å². The van der Waals surface area contributed by atoms with Crippen LogP contribution in [0.5, 0.6) is 0 Å². The SMILES string of the molecule is CN1CCN(CCCc2ccc(B3OC(C)(C)C(C)(C)O3)cc2)CC1. The first-order chi connectivity index (χ1) is 11.8. The molecule has 1 aromatic carbocycles. The predicted octanol–water partition coefficient (Wildman–Crippen LogP) is 2.17. The van der Waals surface area contributed by atoms with E-state index in [0.29, 0.717) is 0 Å². The van der Waals surface area contributed by atoms with Crippen LogP contribution in [0.15, 0.2) is 24.3 Å². The topological polar surface area (TPSA) is 24.9 Å². The van der Waals surface area contributed by atoms with Crippen LogP contribution in [0.25, 0.3) is 0 Å². The number of benzene rings is 1. The minimum absolute atomic E-state index is 0.260. The maximum atomic E-state index is 6.13. The zero-order valence-electron chi connectivity index (χ0n) is 16.5. The first-order valence-electron chi connectivity index (χ1n) is 9.62. The Bertz CT molecular complexity index is 550. The van der Waals surface area contributed by atoms with E-state index in [4.69, 9.17) is 9.31 Å². The molecule has 3 rings (SSSR count). The average molecular weight is 344 g/mol. The zero-order chi connectivity index (χ0) is 18.1. The molecule has 0 spiro atoms. The van der Waals surface area contributed by atoms with Crippen molar-refractivity contribution >= 4 is 12.6 Å². The minimum atomic E-state index is -0.279. The smallest absolute Gasteiger partial charge is 0.399 e. The van der Waals surface area contributed by atoms with Gasteiger partial charge in [0.25, 0.3) is 0 Å². The molecule has 0 unspecified atom stereocenters. The third-order valence-electron chi connectivity index (χ3n) is 6.04. The van der Waals surface area contributed by atoms with Crippen LogP contribution >= 0.6 is 0 Å². The Labute approximate surface area is 153 Å². The van der Waals surface area contributed by atoms with E-state index in [-0.39, 0.29) is 18.3 Å². The average Bonchev–Trinajstić information content (AvgIpc) is 2.78. The second-order valence-electron chi connectivity index (χ2n) is 8.58. The largest absolute Gasteiger partial charge is 0.494 e. The normalized spacial score (nSPS) is 24.0. The van der Waals surface area contributed by atoms with Gasteiger partial charge in [0.05, 0.1) is 11.2 Å². The summed E-state index contributed by atoms with van der Waals surface area (Å²) in [6.45, 7) is 14.4. The number of hydrogen-bond acceptors (Lipinski definition) is 4. The number of likely N-dealkylation sites (N-methyl/N-ethyl adjacent to an activating group) is 1. The summed E-state index contributed by atoms with van der Waals surface area (Å²) in [6.07, 6.45) is 2.36. The quantitative estimate of drug-likeness (QED) is 0.765. The molecule has 0 aliphatic carbocycles. The Morgan fingerprint density at radius 3 is 2.04 bits per heavy atom. The summed E-state index contributed by atoms with van der Waals surface area (Å²) in [6, 6.07) is 8.77. The molecule has 4 nitrogen and oxygen atoms in total. The van der Waals surface area contributed by atoms with E-state index in [1.54, 1.807) is 0 Å². The van der Waals surface area contributed by atoms with Crippen LogP contribution < -0.4 is 5.46 Å². The predicted molar refractivity (Wildman–Crippen MR) is 104 cm³/mol. The molecule has 1 aromatic rings. The van der Waals surface area contributed by atoms with Gasteiger partial charge in [0.2, 0.25) is 0 Å². The third-order valence-corrected chi connectivity index (χ3v) is 6.04. The molecule has 2 aliphatic heterocycles. The van der Waals surface area contributed by atoms with Crippen LogP contribution in [-0.4, -0.2) is 67.9 Å². The van der Waals surface area contributed by atoms with Crippen LogP contribution in [0.3, 0.4) is 0 Å². The fourth-order valence-electron chi connectivity index (χ4n) is 3.40. The van der Waals surface area contributed by atoms with Crippen LogP contribution in [-0.2, 0) is 15.7 Å². The van der Waals surface area contributed by atoms with E-state index < -0.39 is 0 Å². The van der Waals surface area contributed by atoms with Crippen molar-refractivity contribution in [3.05, 3.63) is 29.8 Å². The molecular formula is C20H33BN2O2. The third kappa shape index (κ3) is 4.46. The lowest BCUT2D eigenvalue weighted by atomic mass is 9.78. The van der Waals surface area contributed by atoms with E-state index in [1.807, 2.05) is 0 Å². The van der Waals surface area contributed by atoms with Crippen molar-refractivity contribution in [1.82, 2.24) is 9.80 Å². The number of hydrogen-bond donors (Lipinski definition) is 0. The number of piperazine rings is 1. The first-order valence-corrected chi connectivity index (χ1v) is 9.62. The molecule has 138 valence electrons. The van der Waals surface area contributed by atoms with E-state index in [1.165, 1.54) is 44.7 Å². The highest BCUT2D eigenvalue weighted by atomic mass is 16.7. The van der Waals surface area contributed by atoms with Crippen molar-refractivity contribution in [3.63, 3.8) is 0 Å². The molecule has 0 atom stereocenters. The van der Waals surface area contributed by atoms with E-state index >= 15 is 0 Å². The van der Waals surface area contributed by atoms with Crippen molar-refractivity contribution in [2.75, 3.05) is 39.8 Å². The van der Waals surface area contributed by atoms with Gasteiger partial charge in [-0.2, -0.15) is 0 Å². The number of rotatable bonds is 5. The number of nitrogens with zero attached hydrogens (tertiary/aromatic N) is 2. The van der Waals surface area contributed by atoms with Crippen molar-refractivity contribution in [3.8, 4) is 0 Å². The van der Waals surface area contributed by atoms with Crippen LogP contribution in [0, 0.1) is 0 Å². The molecule has 0 aromatic heterocycles. The minimum Gasteiger partial charge on any atom is -0.399 e. The maximum absolute atomic E-state index is 6.13. The molecule has 2 saturated heterocycles. The first kappa shape index (κ1) is 18.9. The van der Waals surface area contributed by atoms with Crippen LogP contribution in [0.1, 0.15) is 39.7 Å². The van der Waals surface area contributed by atoms with Gasteiger partial charge in [-0.1, -0.05) is 24.3 Å². The molecule has 0 bridgehead atoms. The van der Waals surface area contributed by atoms with Gasteiger partial charge >= 0.3 is 7.12 Å². The van der Waals surface area contributed by atoms with Gasteiger partial charge in [-0.15, -0.1) is 0 Å². The summed E-state index contributed by atoms with van der Waals surface area (Å²) >= 11 is 0. The second kappa shape index (κ2) is 7.39. The summed E-state index contributed by atoms with van der Waals surface area (Å²) in [5, 5.41) is 0. The van der Waals surface area contributed by atoms with E-state index in [9.17, 15) is 0 Å². The van der Waals surface area contributed by atoms with Gasteiger partial charge in [-0.3, -0.25) is 0 Å². The fourth-order valence-corrected chi connectivity index (χ4v) is 3.40. The summed E-state index contributed by atoms with van der Waals surface area (Å²) in [4.78, 5) is 4.99.